The smallest absolute Gasteiger partial charge is 0.226 e. The summed E-state index contributed by atoms with van der Waals surface area (Å²) in [5.74, 6) is 0.239. The lowest BCUT2D eigenvalue weighted by Gasteiger charge is -2.24. The van der Waals surface area contributed by atoms with Gasteiger partial charge in [0.1, 0.15) is 0 Å². The van der Waals surface area contributed by atoms with Crippen LogP contribution in [0.15, 0.2) is 18.2 Å². The second-order valence-electron chi connectivity index (χ2n) is 6.48. The lowest BCUT2D eigenvalue weighted by Crippen LogP contribution is -2.35. The van der Waals surface area contributed by atoms with Crippen LogP contribution in [0.3, 0.4) is 0 Å². The second kappa shape index (κ2) is 6.18. The number of anilines is 1. The Morgan fingerprint density at radius 3 is 2.95 bits per heavy atom. The SMILES string of the molecule is CCC(=O)N1c2ccc(CC3CCCCN3)cc2CC1C. The molecule has 1 amide bonds. The third kappa shape index (κ3) is 2.98. The van der Waals surface area contributed by atoms with Crippen molar-refractivity contribution in [3.05, 3.63) is 29.3 Å². The van der Waals surface area contributed by atoms with E-state index < -0.39 is 0 Å². The van der Waals surface area contributed by atoms with Gasteiger partial charge in [-0.25, -0.2) is 0 Å². The van der Waals surface area contributed by atoms with E-state index in [4.69, 9.17) is 0 Å². The molecule has 0 aromatic heterocycles. The fraction of sp³-hybridized carbons (Fsp3) is 0.611. The van der Waals surface area contributed by atoms with Gasteiger partial charge in [0.2, 0.25) is 5.91 Å². The van der Waals surface area contributed by atoms with Crippen LogP contribution in [0.5, 0.6) is 0 Å². The summed E-state index contributed by atoms with van der Waals surface area (Å²) in [6.07, 6.45) is 6.63. The van der Waals surface area contributed by atoms with Crippen LogP contribution in [0.2, 0.25) is 0 Å². The molecule has 3 heteroatoms. The van der Waals surface area contributed by atoms with Gasteiger partial charge in [-0.15, -0.1) is 0 Å². The first-order valence-electron chi connectivity index (χ1n) is 8.36. The summed E-state index contributed by atoms with van der Waals surface area (Å²) >= 11 is 0. The Balaban J connectivity index is 1.76. The Morgan fingerprint density at radius 2 is 2.24 bits per heavy atom. The number of carbonyl (C=O) groups is 1. The van der Waals surface area contributed by atoms with Crippen LogP contribution in [-0.2, 0) is 17.6 Å². The van der Waals surface area contributed by atoms with Crippen LogP contribution in [0, 0.1) is 0 Å². The Kier molecular flexibility index (Phi) is 4.29. The number of hydrogen-bond acceptors (Lipinski definition) is 2. The van der Waals surface area contributed by atoms with Crippen molar-refractivity contribution < 1.29 is 4.79 Å². The number of hydrogen-bond donors (Lipinski definition) is 1. The van der Waals surface area contributed by atoms with E-state index in [0.29, 0.717) is 18.5 Å². The molecule has 0 aliphatic carbocycles. The highest BCUT2D eigenvalue weighted by atomic mass is 16.2. The first-order valence-corrected chi connectivity index (χ1v) is 8.36. The van der Waals surface area contributed by atoms with E-state index in [2.05, 4.69) is 30.4 Å². The van der Waals surface area contributed by atoms with Gasteiger partial charge in [0, 0.05) is 24.2 Å². The highest BCUT2D eigenvalue weighted by molar-refractivity contribution is 5.96. The molecule has 2 unspecified atom stereocenters. The van der Waals surface area contributed by atoms with Gasteiger partial charge in [-0.2, -0.15) is 0 Å². The molecule has 114 valence electrons. The standard InChI is InChI=1S/C18H26N2O/c1-3-18(21)20-13(2)10-15-11-14(7-8-17(15)20)12-16-6-4-5-9-19-16/h7-8,11,13,16,19H,3-6,9-10,12H2,1-2H3. The summed E-state index contributed by atoms with van der Waals surface area (Å²) in [5.41, 5.74) is 3.89. The van der Waals surface area contributed by atoms with Crippen molar-refractivity contribution in [3.8, 4) is 0 Å². The zero-order valence-electron chi connectivity index (χ0n) is 13.2. The molecule has 2 aliphatic rings. The lowest BCUT2D eigenvalue weighted by atomic mass is 9.96. The Labute approximate surface area is 127 Å². The molecule has 2 aliphatic heterocycles. The number of benzene rings is 1. The fourth-order valence-corrected chi connectivity index (χ4v) is 3.74. The van der Waals surface area contributed by atoms with Gasteiger partial charge in [0.15, 0.2) is 0 Å². The molecule has 0 radical (unpaired) electrons. The van der Waals surface area contributed by atoms with Gasteiger partial charge in [0.05, 0.1) is 0 Å². The molecule has 1 aromatic rings. The average molecular weight is 286 g/mol. The van der Waals surface area contributed by atoms with Crippen LogP contribution < -0.4 is 10.2 Å². The summed E-state index contributed by atoms with van der Waals surface area (Å²) in [4.78, 5) is 14.1. The maximum atomic E-state index is 12.1. The van der Waals surface area contributed by atoms with E-state index >= 15 is 0 Å². The van der Waals surface area contributed by atoms with E-state index in [1.54, 1.807) is 0 Å². The van der Waals surface area contributed by atoms with E-state index in [-0.39, 0.29) is 5.91 Å². The van der Waals surface area contributed by atoms with Crippen molar-refractivity contribution in [1.82, 2.24) is 5.32 Å². The molecule has 3 nitrogen and oxygen atoms in total. The Hall–Kier alpha value is -1.35. The van der Waals surface area contributed by atoms with E-state index in [1.165, 1.54) is 30.4 Å². The molecule has 1 saturated heterocycles. The van der Waals surface area contributed by atoms with Gasteiger partial charge in [-0.3, -0.25) is 4.79 Å². The summed E-state index contributed by atoms with van der Waals surface area (Å²) in [6.45, 7) is 5.25. The molecule has 3 rings (SSSR count). The maximum absolute atomic E-state index is 12.1. The van der Waals surface area contributed by atoms with Gasteiger partial charge in [-0.1, -0.05) is 25.5 Å². The van der Waals surface area contributed by atoms with Crippen LogP contribution in [-0.4, -0.2) is 24.5 Å². The predicted octanol–water partition coefficient (Wildman–Crippen LogP) is 3.06. The average Bonchev–Trinajstić information content (AvgIpc) is 2.82. The third-order valence-corrected chi connectivity index (χ3v) is 4.83. The number of fused-ring (bicyclic) bond motifs is 1. The molecule has 0 saturated carbocycles. The molecule has 1 fully saturated rings. The largest absolute Gasteiger partial charge is 0.314 e. The zero-order chi connectivity index (χ0) is 14.8. The minimum atomic E-state index is 0.239. The minimum Gasteiger partial charge on any atom is -0.314 e. The monoisotopic (exact) mass is 286 g/mol. The van der Waals surface area contributed by atoms with Crippen LogP contribution in [0.1, 0.15) is 50.7 Å². The number of nitrogens with zero attached hydrogens (tertiary/aromatic N) is 1. The Morgan fingerprint density at radius 1 is 1.38 bits per heavy atom. The maximum Gasteiger partial charge on any atom is 0.226 e. The first kappa shape index (κ1) is 14.6. The molecule has 0 bridgehead atoms. The molecule has 1 N–H and O–H groups in total. The van der Waals surface area contributed by atoms with Crippen molar-refractivity contribution >= 4 is 11.6 Å². The van der Waals surface area contributed by atoms with Crippen LogP contribution in [0.25, 0.3) is 0 Å². The lowest BCUT2D eigenvalue weighted by molar-refractivity contribution is -0.118. The number of nitrogens with one attached hydrogen (secondary N) is 1. The van der Waals surface area contributed by atoms with Gasteiger partial charge < -0.3 is 10.2 Å². The molecule has 2 heterocycles. The van der Waals surface area contributed by atoms with E-state index in [1.807, 2.05) is 11.8 Å². The van der Waals surface area contributed by atoms with E-state index in [0.717, 1.165) is 25.1 Å². The molecule has 21 heavy (non-hydrogen) atoms. The molecule has 2 atom stereocenters. The molecule has 0 spiro atoms. The highest BCUT2D eigenvalue weighted by Crippen LogP contribution is 2.33. The summed E-state index contributed by atoms with van der Waals surface area (Å²) in [5, 5.41) is 3.62. The molecular formula is C18H26N2O. The highest BCUT2D eigenvalue weighted by Gasteiger charge is 2.30. The fourth-order valence-electron chi connectivity index (χ4n) is 3.74. The predicted molar refractivity (Wildman–Crippen MR) is 86.7 cm³/mol. The van der Waals surface area contributed by atoms with Gasteiger partial charge in [0.25, 0.3) is 0 Å². The third-order valence-electron chi connectivity index (χ3n) is 4.83. The topological polar surface area (TPSA) is 32.3 Å². The first-order chi connectivity index (χ1) is 10.2. The minimum absolute atomic E-state index is 0.239. The van der Waals surface area contributed by atoms with Crippen LogP contribution in [0.4, 0.5) is 5.69 Å². The number of piperidine rings is 1. The quantitative estimate of drug-likeness (QED) is 0.926. The second-order valence-corrected chi connectivity index (χ2v) is 6.48. The van der Waals surface area contributed by atoms with Gasteiger partial charge >= 0.3 is 0 Å². The summed E-state index contributed by atoms with van der Waals surface area (Å²) in [6, 6.07) is 7.62. The molecular weight excluding hydrogens is 260 g/mol. The zero-order valence-corrected chi connectivity index (χ0v) is 13.2. The number of carbonyl (C=O) groups excluding carboxylic acids is 1. The Bertz CT molecular complexity index is 520. The summed E-state index contributed by atoms with van der Waals surface area (Å²) in [7, 11) is 0. The van der Waals surface area contributed by atoms with Gasteiger partial charge in [-0.05, 0) is 56.3 Å². The number of rotatable bonds is 3. The normalized spacial score (nSPS) is 25.0. The van der Waals surface area contributed by atoms with Crippen molar-refractivity contribution in [2.75, 3.05) is 11.4 Å². The van der Waals surface area contributed by atoms with E-state index in [9.17, 15) is 4.79 Å². The van der Waals surface area contributed by atoms with Crippen molar-refractivity contribution in [3.63, 3.8) is 0 Å². The van der Waals surface area contributed by atoms with Crippen molar-refractivity contribution in [1.29, 1.82) is 0 Å². The number of amides is 1. The summed E-state index contributed by atoms with van der Waals surface area (Å²) < 4.78 is 0. The van der Waals surface area contributed by atoms with Crippen molar-refractivity contribution in [2.45, 2.75) is 64.5 Å². The van der Waals surface area contributed by atoms with Crippen LogP contribution >= 0.6 is 0 Å². The van der Waals surface area contributed by atoms with Crippen molar-refractivity contribution in [2.24, 2.45) is 0 Å². The molecule has 1 aromatic carbocycles.